The zero-order valence-corrected chi connectivity index (χ0v) is 14.9. The molecule has 0 heterocycles. The van der Waals surface area contributed by atoms with E-state index >= 15 is 0 Å². The highest BCUT2D eigenvalue weighted by Crippen LogP contribution is 2.33. The summed E-state index contributed by atoms with van der Waals surface area (Å²) in [7, 11) is 3.22. The number of hydrogen-bond donors (Lipinski definition) is 2. The van der Waals surface area contributed by atoms with Gasteiger partial charge in [-0.05, 0) is 42.0 Å². The molecular formula is C17H19BrN2O3. The van der Waals surface area contributed by atoms with Crippen LogP contribution < -0.4 is 20.1 Å². The molecule has 0 bridgehead atoms. The van der Waals surface area contributed by atoms with Gasteiger partial charge in [0.05, 0.1) is 14.2 Å². The summed E-state index contributed by atoms with van der Waals surface area (Å²) in [6, 6.07) is 11.4. The molecule has 1 amide bonds. The fourth-order valence-electron chi connectivity index (χ4n) is 2.10. The van der Waals surface area contributed by atoms with Crippen LogP contribution in [0.4, 0.5) is 11.4 Å². The first kappa shape index (κ1) is 17.1. The highest BCUT2D eigenvalue weighted by Gasteiger charge is 2.09. The van der Waals surface area contributed by atoms with E-state index in [-0.39, 0.29) is 5.91 Å². The van der Waals surface area contributed by atoms with Crippen molar-refractivity contribution in [1.82, 2.24) is 0 Å². The molecule has 0 aliphatic carbocycles. The van der Waals surface area contributed by atoms with Crippen LogP contribution in [0.2, 0.25) is 0 Å². The van der Waals surface area contributed by atoms with Crippen LogP contribution >= 0.6 is 15.9 Å². The van der Waals surface area contributed by atoms with Crippen LogP contribution in [0.25, 0.3) is 0 Å². The minimum absolute atomic E-state index is 0.0834. The van der Waals surface area contributed by atoms with Gasteiger partial charge < -0.3 is 20.1 Å². The summed E-state index contributed by atoms with van der Waals surface area (Å²) >= 11 is 3.54. The number of nitrogens with one attached hydrogen (secondary N) is 2. The Kier molecular flexibility index (Phi) is 5.87. The van der Waals surface area contributed by atoms with E-state index in [1.54, 1.807) is 14.2 Å². The van der Waals surface area contributed by atoms with Gasteiger partial charge in [0.1, 0.15) is 0 Å². The third-order valence-electron chi connectivity index (χ3n) is 3.24. The number of halogens is 1. The van der Waals surface area contributed by atoms with Crippen LogP contribution in [-0.2, 0) is 11.3 Å². The quantitative estimate of drug-likeness (QED) is 0.796. The Hall–Kier alpha value is -2.21. The van der Waals surface area contributed by atoms with E-state index in [2.05, 4.69) is 26.6 Å². The second-order valence-electron chi connectivity index (χ2n) is 4.91. The molecule has 2 aromatic carbocycles. The molecule has 23 heavy (non-hydrogen) atoms. The summed E-state index contributed by atoms with van der Waals surface area (Å²) in [6.45, 7) is 2.11. The molecule has 2 aromatic rings. The van der Waals surface area contributed by atoms with E-state index in [0.29, 0.717) is 18.0 Å². The van der Waals surface area contributed by atoms with E-state index in [0.717, 1.165) is 21.4 Å². The van der Waals surface area contributed by atoms with Crippen molar-refractivity contribution in [2.45, 2.75) is 13.5 Å². The number of hydrogen-bond acceptors (Lipinski definition) is 4. The third kappa shape index (κ3) is 4.63. The zero-order valence-electron chi connectivity index (χ0n) is 13.3. The average Bonchev–Trinajstić information content (AvgIpc) is 2.54. The van der Waals surface area contributed by atoms with Crippen LogP contribution in [0, 0.1) is 0 Å². The minimum atomic E-state index is -0.0834. The molecule has 122 valence electrons. The van der Waals surface area contributed by atoms with Gasteiger partial charge >= 0.3 is 0 Å². The van der Waals surface area contributed by atoms with Crippen molar-refractivity contribution in [2.75, 3.05) is 24.9 Å². The lowest BCUT2D eigenvalue weighted by Crippen LogP contribution is -2.06. The number of benzene rings is 2. The molecule has 0 unspecified atom stereocenters. The second kappa shape index (κ2) is 7.87. The van der Waals surface area contributed by atoms with Crippen molar-refractivity contribution in [3.63, 3.8) is 0 Å². The molecule has 0 atom stereocenters. The Morgan fingerprint density at radius 1 is 1.04 bits per heavy atom. The maximum absolute atomic E-state index is 11.0. The lowest BCUT2D eigenvalue weighted by atomic mass is 10.2. The first-order valence-electron chi connectivity index (χ1n) is 7.05. The van der Waals surface area contributed by atoms with Gasteiger partial charge in [0, 0.05) is 29.3 Å². The predicted octanol–water partition coefficient (Wildman–Crippen LogP) is 4.04. The fraction of sp³-hybridized carbons (Fsp3) is 0.235. The van der Waals surface area contributed by atoms with Crippen molar-refractivity contribution < 1.29 is 14.3 Å². The Labute approximate surface area is 144 Å². The molecule has 0 saturated carbocycles. The van der Waals surface area contributed by atoms with Crippen molar-refractivity contribution in [2.24, 2.45) is 0 Å². The highest BCUT2D eigenvalue weighted by atomic mass is 79.9. The van der Waals surface area contributed by atoms with Gasteiger partial charge in [0.25, 0.3) is 0 Å². The van der Waals surface area contributed by atoms with Crippen LogP contribution in [0.5, 0.6) is 11.5 Å². The van der Waals surface area contributed by atoms with Gasteiger partial charge in [-0.3, -0.25) is 4.79 Å². The molecule has 0 saturated heterocycles. The van der Waals surface area contributed by atoms with Gasteiger partial charge in [0.15, 0.2) is 11.5 Å². The molecule has 2 rings (SSSR count). The zero-order chi connectivity index (χ0) is 16.8. The predicted molar refractivity (Wildman–Crippen MR) is 95.3 cm³/mol. The largest absolute Gasteiger partial charge is 0.493 e. The van der Waals surface area contributed by atoms with Crippen LogP contribution in [-0.4, -0.2) is 20.1 Å². The lowest BCUT2D eigenvalue weighted by Gasteiger charge is -2.13. The lowest BCUT2D eigenvalue weighted by molar-refractivity contribution is -0.114. The van der Waals surface area contributed by atoms with E-state index in [4.69, 9.17) is 9.47 Å². The number of rotatable bonds is 6. The average molecular weight is 379 g/mol. The molecule has 0 aliphatic rings. The monoisotopic (exact) mass is 378 g/mol. The Bertz CT molecular complexity index is 687. The molecule has 0 aromatic heterocycles. The molecule has 5 nitrogen and oxygen atoms in total. The number of amides is 1. The van der Waals surface area contributed by atoms with Gasteiger partial charge in [-0.2, -0.15) is 0 Å². The third-order valence-corrected chi connectivity index (χ3v) is 3.98. The summed E-state index contributed by atoms with van der Waals surface area (Å²) in [4.78, 5) is 11.0. The number of carbonyl (C=O) groups is 1. The number of carbonyl (C=O) groups excluding carboxylic acids is 1. The fourth-order valence-corrected chi connectivity index (χ4v) is 2.57. The molecule has 6 heteroatoms. The molecular weight excluding hydrogens is 360 g/mol. The smallest absolute Gasteiger partial charge is 0.221 e. The highest BCUT2D eigenvalue weighted by molar-refractivity contribution is 9.10. The van der Waals surface area contributed by atoms with E-state index in [1.807, 2.05) is 36.4 Å². The van der Waals surface area contributed by atoms with Gasteiger partial charge in [-0.25, -0.2) is 0 Å². The summed E-state index contributed by atoms with van der Waals surface area (Å²) in [5.41, 5.74) is 2.78. The van der Waals surface area contributed by atoms with Crippen LogP contribution in [0.1, 0.15) is 12.5 Å². The Balaban J connectivity index is 2.07. The Morgan fingerprint density at radius 2 is 1.61 bits per heavy atom. The van der Waals surface area contributed by atoms with E-state index in [9.17, 15) is 4.79 Å². The standard InChI is InChI=1S/C17H19BrN2O3/c1-11(21)20-14-6-4-13(5-7-14)19-10-12-8-16(22-2)17(23-3)9-15(12)18/h4-9,19H,10H2,1-3H3,(H,20,21). The maximum Gasteiger partial charge on any atom is 0.221 e. The minimum Gasteiger partial charge on any atom is -0.493 e. The first-order valence-corrected chi connectivity index (χ1v) is 7.84. The van der Waals surface area contributed by atoms with Crippen molar-refractivity contribution in [3.05, 3.63) is 46.4 Å². The molecule has 0 fully saturated rings. The van der Waals surface area contributed by atoms with Gasteiger partial charge in [0.2, 0.25) is 5.91 Å². The molecule has 0 aliphatic heterocycles. The van der Waals surface area contributed by atoms with E-state index in [1.165, 1.54) is 6.92 Å². The van der Waals surface area contributed by atoms with Crippen molar-refractivity contribution >= 4 is 33.2 Å². The molecule has 2 N–H and O–H groups in total. The van der Waals surface area contributed by atoms with Gasteiger partial charge in [-0.1, -0.05) is 15.9 Å². The second-order valence-corrected chi connectivity index (χ2v) is 5.77. The van der Waals surface area contributed by atoms with Gasteiger partial charge in [-0.15, -0.1) is 0 Å². The summed E-state index contributed by atoms with van der Waals surface area (Å²) in [5, 5.41) is 6.07. The van der Waals surface area contributed by atoms with Crippen molar-refractivity contribution in [3.8, 4) is 11.5 Å². The topological polar surface area (TPSA) is 59.6 Å². The number of methoxy groups -OCH3 is 2. The van der Waals surface area contributed by atoms with Crippen LogP contribution in [0.15, 0.2) is 40.9 Å². The SMILES string of the molecule is COc1cc(Br)c(CNc2ccc(NC(C)=O)cc2)cc1OC. The first-order chi connectivity index (χ1) is 11.0. The van der Waals surface area contributed by atoms with Crippen LogP contribution in [0.3, 0.4) is 0 Å². The maximum atomic E-state index is 11.0. The molecule has 0 radical (unpaired) electrons. The summed E-state index contributed by atoms with van der Waals surface area (Å²) < 4.78 is 11.5. The van der Waals surface area contributed by atoms with E-state index < -0.39 is 0 Å². The normalized spacial score (nSPS) is 10.1. The Morgan fingerprint density at radius 3 is 2.17 bits per heavy atom. The summed E-state index contributed by atoms with van der Waals surface area (Å²) in [5.74, 6) is 1.29. The van der Waals surface area contributed by atoms with Crippen molar-refractivity contribution in [1.29, 1.82) is 0 Å². The molecule has 0 spiro atoms. The number of anilines is 2. The summed E-state index contributed by atoms with van der Waals surface area (Å²) in [6.07, 6.45) is 0. The number of ether oxygens (including phenoxy) is 2.